The van der Waals surface area contributed by atoms with Crippen molar-refractivity contribution in [3.05, 3.63) is 51.2 Å². The van der Waals surface area contributed by atoms with Crippen molar-refractivity contribution in [3.8, 4) is 11.8 Å². The molecule has 3 N–H and O–H groups in total. The lowest BCUT2D eigenvalue weighted by Gasteiger charge is -2.06. The van der Waals surface area contributed by atoms with Gasteiger partial charge in [0.1, 0.15) is 4.88 Å². The van der Waals surface area contributed by atoms with Gasteiger partial charge in [0.05, 0.1) is 17.3 Å². The van der Waals surface area contributed by atoms with Gasteiger partial charge in [-0.05, 0) is 23.6 Å². The first-order valence-electron chi connectivity index (χ1n) is 5.54. The van der Waals surface area contributed by atoms with E-state index in [1.54, 1.807) is 17.5 Å². The Balaban J connectivity index is 2.24. The molecule has 0 aliphatic carbocycles. The van der Waals surface area contributed by atoms with Crippen molar-refractivity contribution in [1.82, 2.24) is 0 Å². The van der Waals surface area contributed by atoms with Gasteiger partial charge in [-0.15, -0.1) is 11.3 Å². The zero-order valence-corrected chi connectivity index (χ0v) is 11.5. The number of rotatable bonds is 2. The highest BCUT2D eigenvalue weighted by Crippen LogP contribution is 2.24. The lowest BCUT2D eigenvalue weighted by molar-refractivity contribution is 0.103. The molecule has 1 heterocycles. The topological polar surface area (TPSA) is 55.1 Å². The van der Waals surface area contributed by atoms with Gasteiger partial charge in [0.2, 0.25) is 0 Å². The third-order valence-corrected chi connectivity index (χ3v) is 3.66. The molecule has 0 saturated carbocycles. The summed E-state index contributed by atoms with van der Waals surface area (Å²) in [6.07, 6.45) is 0. The Hall–Kier alpha value is -1.80. The summed E-state index contributed by atoms with van der Waals surface area (Å²) >= 11 is 7.23. The van der Waals surface area contributed by atoms with Gasteiger partial charge in [0.25, 0.3) is 5.91 Å². The molecule has 0 saturated heterocycles. The van der Waals surface area contributed by atoms with Crippen LogP contribution in [0.5, 0.6) is 0 Å². The van der Waals surface area contributed by atoms with Crippen LogP contribution in [0.4, 0.5) is 5.69 Å². The molecule has 5 heteroatoms. The molecule has 1 aromatic heterocycles. The van der Waals surface area contributed by atoms with Crippen LogP contribution >= 0.6 is 22.9 Å². The van der Waals surface area contributed by atoms with Crippen molar-refractivity contribution < 1.29 is 4.79 Å². The van der Waals surface area contributed by atoms with E-state index in [0.717, 1.165) is 5.56 Å². The Morgan fingerprint density at radius 2 is 2.16 bits per heavy atom. The minimum absolute atomic E-state index is 0.234. The zero-order chi connectivity index (χ0) is 13.7. The molecule has 0 radical (unpaired) electrons. The fourth-order valence-corrected chi connectivity index (χ4v) is 2.52. The van der Waals surface area contributed by atoms with E-state index in [2.05, 4.69) is 17.2 Å². The smallest absolute Gasteiger partial charge is 0.267 e. The van der Waals surface area contributed by atoms with E-state index in [1.807, 2.05) is 18.2 Å². The van der Waals surface area contributed by atoms with E-state index in [1.165, 1.54) is 11.3 Å². The molecule has 19 heavy (non-hydrogen) atoms. The summed E-state index contributed by atoms with van der Waals surface area (Å²) in [7, 11) is 0. The van der Waals surface area contributed by atoms with Gasteiger partial charge in [0, 0.05) is 5.56 Å². The van der Waals surface area contributed by atoms with Gasteiger partial charge in [0.15, 0.2) is 0 Å². The molecular formula is C14H11ClN2OS. The van der Waals surface area contributed by atoms with Crippen LogP contribution < -0.4 is 11.1 Å². The molecule has 0 aliphatic rings. The Kier molecular flexibility index (Phi) is 4.58. The van der Waals surface area contributed by atoms with Crippen LogP contribution in [0, 0.1) is 11.8 Å². The van der Waals surface area contributed by atoms with Gasteiger partial charge in [-0.2, -0.15) is 0 Å². The maximum atomic E-state index is 12.1. The fourth-order valence-electron chi connectivity index (χ4n) is 1.48. The number of carbonyl (C=O) groups excluding carboxylic acids is 1. The molecule has 0 fully saturated rings. The second-order valence-corrected chi connectivity index (χ2v) is 4.93. The SMILES string of the molecule is NCC#Cc1ccccc1NC(=O)c1sccc1Cl. The van der Waals surface area contributed by atoms with Crippen LogP contribution in [0.1, 0.15) is 15.2 Å². The predicted octanol–water partition coefficient (Wildman–Crippen LogP) is 2.96. The van der Waals surface area contributed by atoms with Crippen LogP contribution in [0.3, 0.4) is 0 Å². The molecule has 1 aromatic carbocycles. The maximum Gasteiger partial charge on any atom is 0.267 e. The molecule has 0 atom stereocenters. The van der Waals surface area contributed by atoms with Crippen molar-refractivity contribution in [1.29, 1.82) is 0 Å². The lowest BCUT2D eigenvalue weighted by atomic mass is 10.2. The number of amides is 1. The van der Waals surface area contributed by atoms with Crippen molar-refractivity contribution in [2.75, 3.05) is 11.9 Å². The quantitative estimate of drug-likeness (QED) is 0.836. The largest absolute Gasteiger partial charge is 0.320 e. The number of para-hydroxylation sites is 1. The molecule has 0 spiro atoms. The molecule has 2 rings (SSSR count). The highest BCUT2D eigenvalue weighted by molar-refractivity contribution is 7.12. The first-order valence-corrected chi connectivity index (χ1v) is 6.80. The number of halogens is 1. The average molecular weight is 291 g/mol. The van der Waals surface area contributed by atoms with E-state index in [9.17, 15) is 4.79 Å². The third-order valence-electron chi connectivity index (χ3n) is 2.32. The minimum Gasteiger partial charge on any atom is -0.320 e. The van der Waals surface area contributed by atoms with Crippen LogP contribution in [-0.4, -0.2) is 12.5 Å². The number of nitrogens with two attached hydrogens (primary N) is 1. The Morgan fingerprint density at radius 3 is 2.84 bits per heavy atom. The number of benzene rings is 1. The van der Waals surface area contributed by atoms with Gasteiger partial charge in [-0.1, -0.05) is 35.6 Å². The van der Waals surface area contributed by atoms with Gasteiger partial charge in [-0.25, -0.2) is 0 Å². The fraction of sp³-hybridized carbons (Fsp3) is 0.0714. The van der Waals surface area contributed by atoms with E-state index in [0.29, 0.717) is 15.6 Å². The monoisotopic (exact) mass is 290 g/mol. The van der Waals surface area contributed by atoms with Crippen LogP contribution in [0.25, 0.3) is 0 Å². The first-order chi connectivity index (χ1) is 9.22. The summed E-state index contributed by atoms with van der Waals surface area (Å²) in [6.45, 7) is 0.277. The Labute approximate surface area is 120 Å². The Bertz CT molecular complexity index is 655. The van der Waals surface area contributed by atoms with E-state index in [4.69, 9.17) is 17.3 Å². The van der Waals surface area contributed by atoms with Crippen molar-refractivity contribution in [2.24, 2.45) is 5.73 Å². The normalized spacial score (nSPS) is 9.58. The summed E-state index contributed by atoms with van der Waals surface area (Å²) in [5.74, 6) is 5.45. The van der Waals surface area contributed by atoms with E-state index >= 15 is 0 Å². The van der Waals surface area contributed by atoms with E-state index in [-0.39, 0.29) is 12.5 Å². The molecule has 1 amide bonds. The first kappa shape index (κ1) is 13.6. The summed E-state index contributed by atoms with van der Waals surface area (Å²) in [5.41, 5.74) is 6.73. The van der Waals surface area contributed by atoms with Gasteiger partial charge < -0.3 is 11.1 Å². The Morgan fingerprint density at radius 1 is 1.37 bits per heavy atom. The summed E-state index contributed by atoms with van der Waals surface area (Å²) < 4.78 is 0. The highest BCUT2D eigenvalue weighted by atomic mass is 35.5. The van der Waals surface area contributed by atoms with Gasteiger partial charge >= 0.3 is 0 Å². The summed E-state index contributed by atoms with van der Waals surface area (Å²) in [5, 5.41) is 5.03. The predicted molar refractivity (Wildman–Crippen MR) is 79.7 cm³/mol. The molecular weight excluding hydrogens is 280 g/mol. The number of hydrogen-bond acceptors (Lipinski definition) is 3. The number of anilines is 1. The third kappa shape index (κ3) is 3.36. The molecule has 0 bridgehead atoms. The molecule has 0 unspecified atom stereocenters. The zero-order valence-electron chi connectivity index (χ0n) is 9.94. The lowest BCUT2D eigenvalue weighted by Crippen LogP contribution is -2.11. The molecule has 3 nitrogen and oxygen atoms in total. The highest BCUT2D eigenvalue weighted by Gasteiger charge is 2.12. The number of carbonyl (C=O) groups is 1. The number of hydrogen-bond donors (Lipinski definition) is 2. The summed E-state index contributed by atoms with van der Waals surface area (Å²) in [6, 6.07) is 9.00. The maximum absolute atomic E-state index is 12.1. The second-order valence-electron chi connectivity index (χ2n) is 3.60. The van der Waals surface area contributed by atoms with Crippen LogP contribution in [0.2, 0.25) is 5.02 Å². The minimum atomic E-state index is -0.234. The molecule has 2 aromatic rings. The van der Waals surface area contributed by atoms with Crippen molar-refractivity contribution in [3.63, 3.8) is 0 Å². The second kappa shape index (κ2) is 6.39. The van der Waals surface area contributed by atoms with E-state index < -0.39 is 0 Å². The van der Waals surface area contributed by atoms with Crippen molar-refractivity contribution >= 4 is 34.5 Å². The molecule has 96 valence electrons. The average Bonchev–Trinajstić information content (AvgIpc) is 2.84. The summed E-state index contributed by atoms with van der Waals surface area (Å²) in [4.78, 5) is 12.6. The van der Waals surface area contributed by atoms with Gasteiger partial charge in [-0.3, -0.25) is 4.79 Å². The molecule has 0 aliphatic heterocycles. The number of thiophene rings is 1. The standard InChI is InChI=1S/C14H11ClN2OS/c15-11-7-9-19-13(11)14(18)17-12-6-2-1-4-10(12)5-3-8-16/h1-2,4,6-7,9H,8,16H2,(H,17,18). The van der Waals surface area contributed by atoms with Crippen LogP contribution in [-0.2, 0) is 0 Å². The van der Waals surface area contributed by atoms with Crippen molar-refractivity contribution in [2.45, 2.75) is 0 Å². The van der Waals surface area contributed by atoms with Crippen LogP contribution in [0.15, 0.2) is 35.7 Å². The number of nitrogens with one attached hydrogen (secondary N) is 1.